The highest BCUT2D eigenvalue weighted by Crippen LogP contribution is 2.30. The van der Waals surface area contributed by atoms with Gasteiger partial charge in [-0.15, -0.1) is 10.2 Å². The van der Waals surface area contributed by atoms with E-state index >= 15 is 0 Å². The van der Waals surface area contributed by atoms with Gasteiger partial charge in [-0.1, -0.05) is 41.3 Å². The van der Waals surface area contributed by atoms with E-state index in [0.29, 0.717) is 0 Å². The molecule has 2 atom stereocenters. The number of nitrogens with one attached hydrogen (secondary N) is 1. The van der Waals surface area contributed by atoms with E-state index in [1.165, 1.54) is 23.1 Å². The first kappa shape index (κ1) is 18.2. The van der Waals surface area contributed by atoms with E-state index in [1.807, 2.05) is 37.3 Å². The van der Waals surface area contributed by atoms with E-state index in [9.17, 15) is 4.79 Å². The Labute approximate surface area is 156 Å². The normalized spacial score (nSPS) is 18.1. The van der Waals surface area contributed by atoms with Crippen LogP contribution in [0.1, 0.15) is 19.8 Å². The highest BCUT2D eigenvalue weighted by atomic mass is 32.2. The van der Waals surface area contributed by atoms with Crippen molar-refractivity contribution in [3.63, 3.8) is 0 Å². The third-order valence-electron chi connectivity index (χ3n) is 4.01. The van der Waals surface area contributed by atoms with Crippen LogP contribution >= 0.6 is 23.1 Å². The highest BCUT2D eigenvalue weighted by Gasteiger charge is 2.22. The molecule has 8 heteroatoms. The maximum Gasteiger partial charge on any atom is 0.240 e. The number of rotatable bonds is 7. The van der Waals surface area contributed by atoms with Crippen LogP contribution in [0.15, 0.2) is 34.7 Å². The number of para-hydroxylation sites is 1. The van der Waals surface area contributed by atoms with Gasteiger partial charge in [-0.25, -0.2) is 0 Å². The van der Waals surface area contributed by atoms with Crippen LogP contribution in [0.25, 0.3) is 0 Å². The number of aromatic nitrogens is 2. The standard InChI is InChI=1S/C17H22N4O2S2/c1-12(15(22)21(2)13-7-4-3-5-8-13)24-17-20-19-16(25-17)18-11-14-9-6-10-23-14/h3-5,7-8,12,14H,6,9-11H2,1-2H3,(H,18,19). The molecule has 2 aromatic rings. The fourth-order valence-corrected chi connectivity index (χ4v) is 4.58. The zero-order chi connectivity index (χ0) is 17.6. The van der Waals surface area contributed by atoms with Crippen LogP contribution in [0.4, 0.5) is 10.8 Å². The Balaban J connectivity index is 1.52. The predicted octanol–water partition coefficient (Wildman–Crippen LogP) is 3.27. The molecule has 1 N–H and O–H groups in total. The number of carbonyl (C=O) groups is 1. The lowest BCUT2D eigenvalue weighted by atomic mass is 10.2. The Morgan fingerprint density at radius 2 is 2.24 bits per heavy atom. The lowest BCUT2D eigenvalue weighted by Crippen LogP contribution is -2.33. The fourth-order valence-electron chi connectivity index (χ4n) is 2.59. The van der Waals surface area contributed by atoms with Crippen molar-refractivity contribution in [3.05, 3.63) is 30.3 Å². The van der Waals surface area contributed by atoms with Crippen molar-refractivity contribution < 1.29 is 9.53 Å². The van der Waals surface area contributed by atoms with E-state index < -0.39 is 0 Å². The Kier molecular flexibility index (Phi) is 6.28. The molecule has 0 aliphatic carbocycles. The number of carbonyl (C=O) groups excluding carboxylic acids is 1. The summed E-state index contributed by atoms with van der Waals surface area (Å²) in [6.07, 6.45) is 2.48. The number of hydrogen-bond acceptors (Lipinski definition) is 7. The average Bonchev–Trinajstić information content (AvgIpc) is 3.31. The van der Waals surface area contributed by atoms with Crippen molar-refractivity contribution in [3.8, 4) is 0 Å². The van der Waals surface area contributed by atoms with Crippen molar-refractivity contribution in [1.29, 1.82) is 0 Å². The molecule has 1 aliphatic rings. The van der Waals surface area contributed by atoms with Gasteiger partial charge in [-0.05, 0) is 31.9 Å². The zero-order valence-corrected chi connectivity index (χ0v) is 16.0. The zero-order valence-electron chi connectivity index (χ0n) is 14.3. The van der Waals surface area contributed by atoms with Crippen molar-refractivity contribution in [1.82, 2.24) is 10.2 Å². The van der Waals surface area contributed by atoms with Crippen molar-refractivity contribution in [2.45, 2.75) is 35.5 Å². The monoisotopic (exact) mass is 378 g/mol. The van der Waals surface area contributed by atoms with Gasteiger partial charge in [0.2, 0.25) is 11.0 Å². The van der Waals surface area contributed by atoms with Crippen LogP contribution < -0.4 is 10.2 Å². The van der Waals surface area contributed by atoms with Crippen LogP contribution in [-0.2, 0) is 9.53 Å². The lowest BCUT2D eigenvalue weighted by molar-refractivity contribution is -0.117. The SMILES string of the molecule is CC(Sc1nnc(NCC2CCCO2)s1)C(=O)N(C)c1ccccc1. The van der Waals surface area contributed by atoms with Crippen LogP contribution in [0.2, 0.25) is 0 Å². The summed E-state index contributed by atoms with van der Waals surface area (Å²) in [7, 11) is 1.80. The Morgan fingerprint density at radius 3 is 2.96 bits per heavy atom. The van der Waals surface area contributed by atoms with Crippen LogP contribution in [0, 0.1) is 0 Å². The van der Waals surface area contributed by atoms with E-state index in [4.69, 9.17) is 4.74 Å². The number of anilines is 2. The molecule has 1 aliphatic heterocycles. The molecule has 0 bridgehead atoms. The maximum atomic E-state index is 12.6. The first-order valence-corrected chi connectivity index (χ1v) is 10.0. The average molecular weight is 379 g/mol. The molecule has 1 aromatic heterocycles. The summed E-state index contributed by atoms with van der Waals surface area (Å²) in [6.45, 7) is 3.50. The molecule has 2 unspecified atom stereocenters. The molecule has 134 valence electrons. The number of ether oxygens (including phenoxy) is 1. The van der Waals surface area contributed by atoms with Gasteiger partial charge in [0.05, 0.1) is 11.4 Å². The molecular formula is C17H22N4O2S2. The summed E-state index contributed by atoms with van der Waals surface area (Å²) in [5.41, 5.74) is 0.885. The van der Waals surface area contributed by atoms with Crippen LogP contribution in [0.3, 0.4) is 0 Å². The van der Waals surface area contributed by atoms with Crippen molar-refractivity contribution in [2.75, 3.05) is 30.4 Å². The maximum absolute atomic E-state index is 12.6. The summed E-state index contributed by atoms with van der Waals surface area (Å²) in [5.74, 6) is 0.0419. The summed E-state index contributed by atoms with van der Waals surface area (Å²) < 4.78 is 6.37. The minimum Gasteiger partial charge on any atom is -0.376 e. The van der Waals surface area contributed by atoms with Crippen molar-refractivity contribution in [2.24, 2.45) is 0 Å². The van der Waals surface area contributed by atoms with Crippen LogP contribution in [0.5, 0.6) is 0 Å². The molecule has 0 radical (unpaired) electrons. The molecule has 6 nitrogen and oxygen atoms in total. The third kappa shape index (κ3) is 4.93. The van der Waals surface area contributed by atoms with Crippen molar-refractivity contribution >= 4 is 39.8 Å². The molecule has 2 heterocycles. The number of hydrogen-bond donors (Lipinski definition) is 1. The molecule has 25 heavy (non-hydrogen) atoms. The number of thioether (sulfide) groups is 1. The van der Waals surface area contributed by atoms with Gasteiger partial charge in [0.1, 0.15) is 0 Å². The number of nitrogens with zero attached hydrogens (tertiary/aromatic N) is 3. The molecule has 1 amide bonds. The smallest absolute Gasteiger partial charge is 0.240 e. The van der Waals surface area contributed by atoms with Gasteiger partial charge in [-0.3, -0.25) is 4.79 Å². The molecule has 0 spiro atoms. The molecule has 1 saturated heterocycles. The topological polar surface area (TPSA) is 67.4 Å². The van der Waals surface area contributed by atoms with E-state index in [-0.39, 0.29) is 17.3 Å². The second-order valence-electron chi connectivity index (χ2n) is 5.88. The summed E-state index contributed by atoms with van der Waals surface area (Å²) >= 11 is 2.91. The van der Waals surface area contributed by atoms with Gasteiger partial charge < -0.3 is 15.0 Å². The second-order valence-corrected chi connectivity index (χ2v) is 8.45. The molecule has 3 rings (SSSR count). The third-order valence-corrected chi connectivity index (χ3v) is 6.06. The number of benzene rings is 1. The van der Waals surface area contributed by atoms with Crippen LogP contribution in [-0.4, -0.2) is 47.7 Å². The first-order chi connectivity index (χ1) is 12.1. The summed E-state index contributed by atoms with van der Waals surface area (Å²) in [5, 5.41) is 12.1. The summed E-state index contributed by atoms with van der Waals surface area (Å²) in [4.78, 5) is 14.3. The van der Waals surface area contributed by atoms with E-state index in [1.54, 1.807) is 11.9 Å². The quantitative estimate of drug-likeness (QED) is 0.746. The first-order valence-electron chi connectivity index (χ1n) is 8.31. The van der Waals surface area contributed by atoms with E-state index in [0.717, 1.165) is 41.2 Å². The van der Waals surface area contributed by atoms with Gasteiger partial charge in [-0.2, -0.15) is 0 Å². The van der Waals surface area contributed by atoms with Gasteiger partial charge in [0.15, 0.2) is 4.34 Å². The Bertz CT molecular complexity index is 689. The Morgan fingerprint density at radius 1 is 1.44 bits per heavy atom. The van der Waals surface area contributed by atoms with Gasteiger partial charge in [0, 0.05) is 25.9 Å². The molecule has 1 fully saturated rings. The number of amides is 1. The molecule has 1 aromatic carbocycles. The summed E-state index contributed by atoms with van der Waals surface area (Å²) in [6, 6.07) is 9.63. The highest BCUT2D eigenvalue weighted by molar-refractivity contribution is 8.02. The minimum atomic E-state index is -0.232. The van der Waals surface area contributed by atoms with Gasteiger partial charge >= 0.3 is 0 Å². The Hall–Kier alpha value is -1.64. The fraction of sp³-hybridized carbons (Fsp3) is 0.471. The molecular weight excluding hydrogens is 356 g/mol. The lowest BCUT2D eigenvalue weighted by Gasteiger charge is -2.20. The second kappa shape index (κ2) is 8.64. The van der Waals surface area contributed by atoms with Gasteiger partial charge in [0.25, 0.3) is 0 Å². The largest absolute Gasteiger partial charge is 0.376 e. The van der Waals surface area contributed by atoms with E-state index in [2.05, 4.69) is 15.5 Å². The molecule has 0 saturated carbocycles. The minimum absolute atomic E-state index is 0.0419. The predicted molar refractivity (Wildman–Crippen MR) is 103 cm³/mol.